The van der Waals surface area contributed by atoms with Gasteiger partial charge in [-0.05, 0) is 18.6 Å². The van der Waals surface area contributed by atoms with Crippen LogP contribution in [0.15, 0.2) is 48.5 Å². The second-order valence-electron chi connectivity index (χ2n) is 4.16. The first-order valence-corrected chi connectivity index (χ1v) is 6.46. The lowest BCUT2D eigenvalue weighted by atomic mass is 10.2. The van der Waals surface area contributed by atoms with Gasteiger partial charge in [-0.1, -0.05) is 42.5 Å². The summed E-state index contributed by atoms with van der Waals surface area (Å²) in [5.41, 5.74) is 7.83. The molecular formula is C16H19NO2. The standard InChI is InChI=1S/C16H19NO2/c1-2-18-15-10-6-9-14(11-17)16(15)19-12-13-7-4-3-5-8-13/h3-10H,2,11-12,17H2,1H3. The highest BCUT2D eigenvalue weighted by atomic mass is 16.5. The Hall–Kier alpha value is -2.00. The number of rotatable bonds is 6. The Morgan fingerprint density at radius 1 is 0.947 bits per heavy atom. The summed E-state index contributed by atoms with van der Waals surface area (Å²) >= 11 is 0. The van der Waals surface area contributed by atoms with Crippen molar-refractivity contribution in [3.8, 4) is 11.5 Å². The van der Waals surface area contributed by atoms with E-state index in [1.165, 1.54) is 0 Å². The Bertz CT molecular complexity index is 511. The Balaban J connectivity index is 2.17. The van der Waals surface area contributed by atoms with Crippen molar-refractivity contribution in [3.05, 3.63) is 59.7 Å². The summed E-state index contributed by atoms with van der Waals surface area (Å²) in [6.07, 6.45) is 0. The van der Waals surface area contributed by atoms with E-state index in [2.05, 4.69) is 0 Å². The van der Waals surface area contributed by atoms with Gasteiger partial charge in [-0.2, -0.15) is 0 Å². The van der Waals surface area contributed by atoms with Gasteiger partial charge in [-0.3, -0.25) is 0 Å². The number of hydrogen-bond acceptors (Lipinski definition) is 3. The van der Waals surface area contributed by atoms with Crippen molar-refractivity contribution in [2.75, 3.05) is 6.61 Å². The summed E-state index contributed by atoms with van der Waals surface area (Å²) in [7, 11) is 0. The fourth-order valence-corrected chi connectivity index (χ4v) is 1.88. The Morgan fingerprint density at radius 3 is 2.42 bits per heavy atom. The van der Waals surface area contributed by atoms with E-state index in [1.807, 2.05) is 55.5 Å². The second kappa shape index (κ2) is 6.81. The van der Waals surface area contributed by atoms with Crippen LogP contribution in [0, 0.1) is 0 Å². The van der Waals surface area contributed by atoms with Crippen LogP contribution in [0.3, 0.4) is 0 Å². The summed E-state index contributed by atoms with van der Waals surface area (Å²) in [6.45, 7) is 3.51. The summed E-state index contributed by atoms with van der Waals surface area (Å²) in [6, 6.07) is 15.8. The summed E-state index contributed by atoms with van der Waals surface area (Å²) < 4.78 is 11.5. The maximum absolute atomic E-state index is 5.89. The summed E-state index contributed by atoms with van der Waals surface area (Å²) in [5, 5.41) is 0. The fourth-order valence-electron chi connectivity index (χ4n) is 1.88. The van der Waals surface area contributed by atoms with Crippen LogP contribution in [0.2, 0.25) is 0 Å². The van der Waals surface area contributed by atoms with Crippen molar-refractivity contribution in [1.29, 1.82) is 0 Å². The smallest absolute Gasteiger partial charge is 0.166 e. The quantitative estimate of drug-likeness (QED) is 0.864. The molecule has 0 aliphatic carbocycles. The molecule has 0 unspecified atom stereocenters. The van der Waals surface area contributed by atoms with E-state index in [0.29, 0.717) is 19.8 Å². The van der Waals surface area contributed by atoms with E-state index < -0.39 is 0 Å². The SMILES string of the molecule is CCOc1cccc(CN)c1OCc1ccccc1. The van der Waals surface area contributed by atoms with Crippen LogP contribution >= 0.6 is 0 Å². The number of nitrogens with two attached hydrogens (primary N) is 1. The normalized spacial score (nSPS) is 10.2. The topological polar surface area (TPSA) is 44.5 Å². The van der Waals surface area contributed by atoms with Gasteiger partial charge in [0.05, 0.1) is 6.61 Å². The van der Waals surface area contributed by atoms with Gasteiger partial charge in [0.1, 0.15) is 6.61 Å². The molecule has 0 heterocycles. The summed E-state index contributed by atoms with van der Waals surface area (Å²) in [4.78, 5) is 0. The number of hydrogen-bond donors (Lipinski definition) is 1. The van der Waals surface area contributed by atoms with Crippen LogP contribution in [-0.4, -0.2) is 6.61 Å². The third-order valence-corrected chi connectivity index (χ3v) is 2.81. The maximum Gasteiger partial charge on any atom is 0.166 e. The van der Waals surface area contributed by atoms with Crippen LogP contribution in [0.5, 0.6) is 11.5 Å². The molecule has 0 spiro atoms. The lowest BCUT2D eigenvalue weighted by Gasteiger charge is -2.15. The van der Waals surface area contributed by atoms with Gasteiger partial charge in [0.15, 0.2) is 11.5 Å². The van der Waals surface area contributed by atoms with Gasteiger partial charge in [-0.15, -0.1) is 0 Å². The van der Waals surface area contributed by atoms with Crippen LogP contribution in [-0.2, 0) is 13.2 Å². The second-order valence-corrected chi connectivity index (χ2v) is 4.16. The molecule has 0 atom stereocenters. The zero-order valence-corrected chi connectivity index (χ0v) is 11.1. The van der Waals surface area contributed by atoms with Gasteiger partial charge in [0.25, 0.3) is 0 Å². The molecule has 0 aliphatic rings. The molecule has 0 aliphatic heterocycles. The lowest BCUT2D eigenvalue weighted by molar-refractivity contribution is 0.266. The molecule has 0 radical (unpaired) electrons. The molecule has 19 heavy (non-hydrogen) atoms. The van der Waals surface area contributed by atoms with Crippen LogP contribution in [0.25, 0.3) is 0 Å². The molecule has 3 heteroatoms. The van der Waals surface area contributed by atoms with E-state index >= 15 is 0 Å². The molecule has 0 amide bonds. The van der Waals surface area contributed by atoms with Gasteiger partial charge < -0.3 is 15.2 Å². The third-order valence-electron chi connectivity index (χ3n) is 2.81. The Labute approximate surface area is 114 Å². The van der Waals surface area contributed by atoms with E-state index in [9.17, 15) is 0 Å². The predicted molar refractivity (Wildman–Crippen MR) is 76.3 cm³/mol. The highest BCUT2D eigenvalue weighted by molar-refractivity contribution is 5.46. The fraction of sp³-hybridized carbons (Fsp3) is 0.250. The number of para-hydroxylation sites is 1. The summed E-state index contributed by atoms with van der Waals surface area (Å²) in [5.74, 6) is 1.50. The lowest BCUT2D eigenvalue weighted by Crippen LogP contribution is -2.05. The van der Waals surface area contributed by atoms with Crippen molar-refractivity contribution >= 4 is 0 Å². The molecule has 0 saturated carbocycles. The zero-order valence-electron chi connectivity index (χ0n) is 11.1. The van der Waals surface area contributed by atoms with E-state index in [1.54, 1.807) is 0 Å². The van der Waals surface area contributed by atoms with Crippen LogP contribution in [0.1, 0.15) is 18.1 Å². The average molecular weight is 257 g/mol. The largest absolute Gasteiger partial charge is 0.490 e. The van der Waals surface area contributed by atoms with Crippen molar-refractivity contribution in [1.82, 2.24) is 0 Å². The minimum atomic E-state index is 0.436. The van der Waals surface area contributed by atoms with Crippen molar-refractivity contribution in [2.45, 2.75) is 20.1 Å². The van der Waals surface area contributed by atoms with Crippen molar-refractivity contribution < 1.29 is 9.47 Å². The average Bonchev–Trinajstić information content (AvgIpc) is 2.47. The molecule has 0 aromatic heterocycles. The molecule has 3 nitrogen and oxygen atoms in total. The molecule has 0 fully saturated rings. The highest BCUT2D eigenvalue weighted by Gasteiger charge is 2.10. The zero-order chi connectivity index (χ0) is 13.5. The molecule has 2 aromatic carbocycles. The van der Waals surface area contributed by atoms with Gasteiger partial charge in [-0.25, -0.2) is 0 Å². The third kappa shape index (κ3) is 3.48. The number of ether oxygens (including phenoxy) is 2. The molecule has 2 rings (SSSR count). The van der Waals surface area contributed by atoms with Gasteiger partial charge >= 0.3 is 0 Å². The van der Waals surface area contributed by atoms with Crippen LogP contribution in [0.4, 0.5) is 0 Å². The van der Waals surface area contributed by atoms with E-state index in [0.717, 1.165) is 22.6 Å². The first-order chi connectivity index (χ1) is 9.35. The van der Waals surface area contributed by atoms with E-state index in [4.69, 9.17) is 15.2 Å². The van der Waals surface area contributed by atoms with Gasteiger partial charge in [0, 0.05) is 12.1 Å². The van der Waals surface area contributed by atoms with Crippen molar-refractivity contribution in [2.24, 2.45) is 5.73 Å². The first-order valence-electron chi connectivity index (χ1n) is 6.46. The maximum atomic E-state index is 5.89. The predicted octanol–water partition coefficient (Wildman–Crippen LogP) is 3.12. The monoisotopic (exact) mass is 257 g/mol. The highest BCUT2D eigenvalue weighted by Crippen LogP contribution is 2.31. The molecular weight excluding hydrogens is 238 g/mol. The number of benzene rings is 2. The van der Waals surface area contributed by atoms with Crippen molar-refractivity contribution in [3.63, 3.8) is 0 Å². The van der Waals surface area contributed by atoms with Gasteiger partial charge in [0.2, 0.25) is 0 Å². The minimum Gasteiger partial charge on any atom is -0.490 e. The molecule has 100 valence electrons. The Morgan fingerprint density at radius 2 is 1.74 bits per heavy atom. The van der Waals surface area contributed by atoms with E-state index in [-0.39, 0.29) is 0 Å². The first kappa shape index (κ1) is 13.4. The Kier molecular flexibility index (Phi) is 4.81. The minimum absolute atomic E-state index is 0.436. The molecule has 0 saturated heterocycles. The molecule has 2 aromatic rings. The van der Waals surface area contributed by atoms with Crippen LogP contribution < -0.4 is 15.2 Å². The molecule has 0 bridgehead atoms. The molecule has 2 N–H and O–H groups in total.